The molecule has 0 amide bonds. The second-order valence-electron chi connectivity index (χ2n) is 3.29. The van der Waals surface area contributed by atoms with Gasteiger partial charge in [0.2, 0.25) is 0 Å². The number of rotatable bonds is 2. The van der Waals surface area contributed by atoms with E-state index in [0.29, 0.717) is 6.32 Å². The first-order valence-electron chi connectivity index (χ1n) is 4.78. The highest BCUT2D eigenvalue weighted by Gasteiger charge is 1.98. The fourth-order valence-electron chi connectivity index (χ4n) is 1.44. The Hall–Kier alpha value is -1.77. The first-order valence-corrected chi connectivity index (χ1v) is 4.78. The van der Waals surface area contributed by atoms with E-state index in [4.69, 9.17) is 7.85 Å². The molecule has 0 spiro atoms. The molecule has 1 aromatic carbocycles. The Morgan fingerprint density at radius 1 is 1.07 bits per heavy atom. The molecule has 2 aromatic rings. The van der Waals surface area contributed by atoms with Crippen molar-refractivity contribution in [2.75, 3.05) is 0 Å². The van der Waals surface area contributed by atoms with Crippen LogP contribution in [-0.4, -0.2) is 12.4 Å². The molecule has 0 N–H and O–H groups in total. The van der Waals surface area contributed by atoms with Gasteiger partial charge in [0.05, 0.1) is 7.85 Å². The van der Waals surface area contributed by atoms with Gasteiger partial charge in [0.15, 0.2) is 0 Å². The van der Waals surface area contributed by atoms with E-state index < -0.39 is 0 Å². The molecule has 1 heterocycles. The van der Waals surface area contributed by atoms with Gasteiger partial charge >= 0.3 is 0 Å². The van der Waals surface area contributed by atoms with Gasteiger partial charge in [0, 0.05) is 18.0 Å². The van der Waals surface area contributed by atoms with Gasteiger partial charge in [-0.15, -0.1) is 0 Å². The van der Waals surface area contributed by atoms with Gasteiger partial charge in [-0.3, -0.25) is 9.36 Å². The topological polar surface area (TPSA) is 22.0 Å². The summed E-state index contributed by atoms with van der Waals surface area (Å²) in [5.74, 6) is 0. The molecule has 3 heteroatoms. The van der Waals surface area contributed by atoms with Gasteiger partial charge in [-0.2, -0.15) is 0 Å². The average molecular weight is 195 g/mol. The van der Waals surface area contributed by atoms with Gasteiger partial charge < -0.3 is 0 Å². The molecule has 0 saturated heterocycles. The quantitative estimate of drug-likeness (QED) is 0.665. The number of para-hydroxylation sites is 1. The fraction of sp³-hybridized carbons (Fsp3) is 0.0833. The lowest BCUT2D eigenvalue weighted by Crippen LogP contribution is -2.16. The van der Waals surface area contributed by atoms with Gasteiger partial charge in [-0.25, -0.2) is 0 Å². The van der Waals surface area contributed by atoms with Crippen LogP contribution in [-0.2, 0) is 6.32 Å². The van der Waals surface area contributed by atoms with Crippen molar-refractivity contribution in [1.29, 1.82) is 0 Å². The van der Waals surface area contributed by atoms with Crippen molar-refractivity contribution in [3.05, 3.63) is 64.6 Å². The standard InChI is InChI=1S/C12H10BNO/c13-8-10-6-7-12(15)14(9-10)11-4-2-1-3-5-11/h1-7,9H,8H2. The lowest BCUT2D eigenvalue weighted by atomic mass is 9.98. The third kappa shape index (κ3) is 2.01. The summed E-state index contributed by atoms with van der Waals surface area (Å²) in [7, 11) is 5.53. The molecule has 2 rings (SSSR count). The van der Waals surface area contributed by atoms with Crippen molar-refractivity contribution in [3.63, 3.8) is 0 Å². The zero-order chi connectivity index (χ0) is 10.7. The van der Waals surface area contributed by atoms with Gasteiger partial charge in [0.25, 0.3) is 5.56 Å². The summed E-state index contributed by atoms with van der Waals surface area (Å²) in [6.45, 7) is 0. The van der Waals surface area contributed by atoms with Crippen LogP contribution in [0, 0.1) is 0 Å². The van der Waals surface area contributed by atoms with E-state index >= 15 is 0 Å². The monoisotopic (exact) mass is 195 g/mol. The van der Waals surface area contributed by atoms with Crippen molar-refractivity contribution in [1.82, 2.24) is 4.57 Å². The SMILES string of the molecule is [B]Cc1ccc(=O)n(-c2ccccc2)c1. The van der Waals surface area contributed by atoms with Crippen LogP contribution in [0.4, 0.5) is 0 Å². The summed E-state index contributed by atoms with van der Waals surface area (Å²) in [6, 6.07) is 12.8. The second-order valence-corrected chi connectivity index (χ2v) is 3.29. The molecule has 1 aromatic heterocycles. The van der Waals surface area contributed by atoms with Crippen molar-refractivity contribution in [2.24, 2.45) is 0 Å². The van der Waals surface area contributed by atoms with Crippen molar-refractivity contribution < 1.29 is 0 Å². The molecule has 15 heavy (non-hydrogen) atoms. The van der Waals surface area contributed by atoms with Crippen LogP contribution in [0.1, 0.15) is 5.56 Å². The molecule has 72 valence electrons. The Kier molecular flexibility index (Phi) is 2.72. The van der Waals surface area contributed by atoms with Crippen LogP contribution in [0.3, 0.4) is 0 Å². The Morgan fingerprint density at radius 3 is 2.47 bits per heavy atom. The van der Waals surface area contributed by atoms with Crippen LogP contribution in [0.5, 0.6) is 0 Å². The van der Waals surface area contributed by atoms with Crippen molar-refractivity contribution >= 4 is 7.85 Å². The minimum Gasteiger partial charge on any atom is -0.284 e. The van der Waals surface area contributed by atoms with Gasteiger partial charge in [0.1, 0.15) is 0 Å². The number of pyridine rings is 1. The smallest absolute Gasteiger partial charge is 0.255 e. The van der Waals surface area contributed by atoms with Crippen molar-refractivity contribution in [3.8, 4) is 5.69 Å². The highest BCUT2D eigenvalue weighted by Crippen LogP contribution is 2.05. The van der Waals surface area contributed by atoms with E-state index in [0.717, 1.165) is 11.3 Å². The lowest BCUT2D eigenvalue weighted by molar-refractivity contribution is 0.973. The Labute approximate surface area is 89.6 Å². The summed E-state index contributed by atoms with van der Waals surface area (Å²) < 4.78 is 1.60. The molecule has 0 bridgehead atoms. The first-order chi connectivity index (χ1) is 7.31. The number of hydrogen-bond acceptors (Lipinski definition) is 1. The predicted molar refractivity (Wildman–Crippen MR) is 61.5 cm³/mol. The molecule has 0 saturated carbocycles. The van der Waals surface area contributed by atoms with Crippen LogP contribution in [0.15, 0.2) is 53.5 Å². The normalized spacial score (nSPS) is 10.1. The van der Waals surface area contributed by atoms with E-state index in [9.17, 15) is 4.79 Å². The molecule has 2 radical (unpaired) electrons. The molecule has 0 unspecified atom stereocenters. The third-order valence-electron chi connectivity index (χ3n) is 2.24. The molecule has 0 aliphatic rings. The fourth-order valence-corrected chi connectivity index (χ4v) is 1.44. The van der Waals surface area contributed by atoms with Crippen molar-refractivity contribution in [2.45, 2.75) is 6.32 Å². The van der Waals surface area contributed by atoms with Crippen LogP contribution >= 0.6 is 0 Å². The largest absolute Gasteiger partial charge is 0.284 e. The second kappa shape index (κ2) is 4.17. The maximum atomic E-state index is 11.6. The van der Waals surface area contributed by atoms with Gasteiger partial charge in [-0.1, -0.05) is 30.6 Å². The lowest BCUT2D eigenvalue weighted by Gasteiger charge is -2.06. The van der Waals surface area contributed by atoms with Crippen LogP contribution < -0.4 is 5.56 Å². The Bertz CT molecular complexity index is 505. The third-order valence-corrected chi connectivity index (χ3v) is 2.24. The highest BCUT2D eigenvalue weighted by atomic mass is 16.1. The van der Waals surface area contributed by atoms with E-state index in [2.05, 4.69) is 0 Å². The summed E-state index contributed by atoms with van der Waals surface area (Å²) in [5.41, 5.74) is 1.76. The number of aromatic nitrogens is 1. The Balaban J connectivity index is 2.57. The van der Waals surface area contributed by atoms with Gasteiger partial charge in [-0.05, 0) is 17.7 Å². The summed E-state index contributed by atoms with van der Waals surface area (Å²) in [5, 5.41) is 0. The maximum Gasteiger partial charge on any atom is 0.255 e. The molecule has 0 atom stereocenters. The molecule has 0 fully saturated rings. The van der Waals surface area contributed by atoms with E-state index in [-0.39, 0.29) is 5.56 Å². The molecule has 2 nitrogen and oxygen atoms in total. The minimum atomic E-state index is -0.0431. The Morgan fingerprint density at radius 2 is 1.80 bits per heavy atom. The minimum absolute atomic E-state index is 0.0431. The molecular weight excluding hydrogens is 185 g/mol. The number of nitrogens with zero attached hydrogens (tertiary/aromatic N) is 1. The average Bonchev–Trinajstić information content (AvgIpc) is 2.31. The maximum absolute atomic E-state index is 11.6. The summed E-state index contributed by atoms with van der Waals surface area (Å²) in [6.07, 6.45) is 2.21. The van der Waals surface area contributed by atoms with Crippen LogP contribution in [0.25, 0.3) is 5.69 Å². The van der Waals surface area contributed by atoms with E-state index in [1.54, 1.807) is 16.8 Å². The summed E-state index contributed by atoms with van der Waals surface area (Å²) >= 11 is 0. The zero-order valence-corrected chi connectivity index (χ0v) is 8.26. The van der Waals surface area contributed by atoms with E-state index in [1.807, 2.05) is 30.3 Å². The highest BCUT2D eigenvalue weighted by molar-refractivity contribution is 6.08. The number of benzene rings is 1. The van der Waals surface area contributed by atoms with Crippen LogP contribution in [0.2, 0.25) is 0 Å². The predicted octanol–water partition coefficient (Wildman–Crippen LogP) is 1.51. The molecule has 0 aliphatic heterocycles. The number of hydrogen-bond donors (Lipinski definition) is 0. The first kappa shape index (κ1) is 9.78. The molecule has 0 aliphatic carbocycles. The summed E-state index contributed by atoms with van der Waals surface area (Å²) in [4.78, 5) is 11.6. The zero-order valence-electron chi connectivity index (χ0n) is 8.26. The van der Waals surface area contributed by atoms with E-state index in [1.165, 1.54) is 6.07 Å². The molecular formula is C12H10BNO.